The Morgan fingerprint density at radius 2 is 1.86 bits per heavy atom. The van der Waals surface area contributed by atoms with Crippen molar-refractivity contribution in [3.63, 3.8) is 0 Å². The predicted octanol–water partition coefficient (Wildman–Crippen LogP) is 3.83. The molecule has 0 aliphatic rings. The minimum Gasteiger partial charge on any atom is -0.342 e. The Morgan fingerprint density at radius 3 is 2.57 bits per heavy atom. The number of anilines is 1. The maximum Gasteiger partial charge on any atom is 0.242 e. The molecule has 1 heterocycles. The molecule has 0 bridgehead atoms. The zero-order valence-corrected chi connectivity index (χ0v) is 16.1. The maximum atomic E-state index is 13.2. The van der Waals surface area contributed by atoms with Crippen molar-refractivity contribution < 1.29 is 14.0 Å². The van der Waals surface area contributed by atoms with Gasteiger partial charge >= 0.3 is 0 Å². The molecule has 0 saturated heterocycles. The second-order valence-corrected chi connectivity index (χ2v) is 6.64. The van der Waals surface area contributed by atoms with E-state index in [1.54, 1.807) is 17.0 Å². The molecule has 146 valence electrons. The number of rotatable bonds is 7. The van der Waals surface area contributed by atoms with Gasteiger partial charge in [0.1, 0.15) is 12.4 Å². The highest BCUT2D eigenvalue weighted by Gasteiger charge is 2.12. The lowest BCUT2D eigenvalue weighted by Gasteiger charge is -2.19. The topological polar surface area (TPSA) is 54.3 Å². The van der Waals surface area contributed by atoms with E-state index in [0.717, 1.165) is 10.9 Å². The van der Waals surface area contributed by atoms with Crippen LogP contribution in [0.25, 0.3) is 10.9 Å². The number of carbonyl (C=O) groups is 2. The van der Waals surface area contributed by atoms with Crippen LogP contribution >= 0.6 is 0 Å². The summed E-state index contributed by atoms with van der Waals surface area (Å²) >= 11 is 0. The van der Waals surface area contributed by atoms with Crippen molar-refractivity contribution in [2.45, 2.75) is 26.8 Å². The average molecular weight is 381 g/mol. The summed E-state index contributed by atoms with van der Waals surface area (Å²) in [5.74, 6) is -0.483. The van der Waals surface area contributed by atoms with Gasteiger partial charge in [-0.2, -0.15) is 0 Å². The second kappa shape index (κ2) is 8.69. The van der Waals surface area contributed by atoms with Gasteiger partial charge in [0.25, 0.3) is 0 Å². The molecule has 0 radical (unpaired) electrons. The van der Waals surface area contributed by atoms with Gasteiger partial charge in [-0.05, 0) is 55.8 Å². The molecule has 0 aliphatic carbocycles. The molecule has 0 atom stereocenters. The van der Waals surface area contributed by atoms with Crippen LogP contribution in [-0.2, 0) is 22.6 Å². The smallest absolute Gasteiger partial charge is 0.242 e. The van der Waals surface area contributed by atoms with Crippen molar-refractivity contribution in [1.29, 1.82) is 0 Å². The van der Waals surface area contributed by atoms with Gasteiger partial charge in [-0.1, -0.05) is 12.1 Å². The first-order chi connectivity index (χ1) is 13.5. The molecule has 1 N–H and O–H groups in total. The number of hydrogen-bond acceptors (Lipinski definition) is 2. The minimum absolute atomic E-state index is 0.0787. The number of likely N-dealkylation sites (N-methyl/N-ethyl adjacent to an activating group) is 1. The molecular formula is C22H24FN3O2. The molecule has 5 nitrogen and oxygen atoms in total. The number of carbonyl (C=O) groups excluding carboxylic acids is 2. The highest BCUT2D eigenvalue weighted by Crippen LogP contribution is 2.21. The molecule has 0 unspecified atom stereocenters. The fourth-order valence-electron chi connectivity index (χ4n) is 3.28. The van der Waals surface area contributed by atoms with E-state index in [0.29, 0.717) is 24.3 Å². The number of aromatic nitrogens is 1. The highest BCUT2D eigenvalue weighted by atomic mass is 19.1. The van der Waals surface area contributed by atoms with Crippen molar-refractivity contribution in [3.8, 4) is 0 Å². The summed E-state index contributed by atoms with van der Waals surface area (Å²) in [5.41, 5.74) is 2.23. The second-order valence-electron chi connectivity index (χ2n) is 6.64. The summed E-state index contributed by atoms with van der Waals surface area (Å²) in [6.45, 7) is 5.60. The van der Waals surface area contributed by atoms with Crippen LogP contribution in [0.5, 0.6) is 0 Å². The number of amides is 2. The number of halogens is 1. The molecular weight excluding hydrogens is 357 g/mol. The van der Waals surface area contributed by atoms with Gasteiger partial charge in [0.15, 0.2) is 0 Å². The first kappa shape index (κ1) is 19.6. The van der Waals surface area contributed by atoms with E-state index in [9.17, 15) is 14.0 Å². The van der Waals surface area contributed by atoms with Crippen molar-refractivity contribution in [2.24, 2.45) is 0 Å². The van der Waals surface area contributed by atoms with Crippen LogP contribution in [0.2, 0.25) is 0 Å². The highest BCUT2D eigenvalue weighted by molar-refractivity contribution is 5.95. The van der Waals surface area contributed by atoms with E-state index < -0.39 is 0 Å². The fourth-order valence-corrected chi connectivity index (χ4v) is 3.28. The van der Waals surface area contributed by atoms with Crippen molar-refractivity contribution in [2.75, 3.05) is 18.4 Å². The predicted molar refractivity (Wildman–Crippen MR) is 109 cm³/mol. The van der Waals surface area contributed by atoms with Gasteiger partial charge in [-0.15, -0.1) is 0 Å². The van der Waals surface area contributed by atoms with Gasteiger partial charge in [0.05, 0.1) is 6.42 Å². The van der Waals surface area contributed by atoms with Crippen LogP contribution in [-0.4, -0.2) is 34.4 Å². The lowest BCUT2D eigenvalue weighted by atomic mass is 10.1. The Kier molecular flexibility index (Phi) is 6.09. The Balaban J connectivity index is 1.69. The first-order valence-corrected chi connectivity index (χ1v) is 9.41. The van der Waals surface area contributed by atoms with Crippen LogP contribution in [0.1, 0.15) is 19.4 Å². The molecule has 3 aromatic rings. The SMILES string of the molecule is CCN(CC)C(=O)Cn1ccc2cc(NC(=O)Cc3cccc(F)c3)ccc21. The Labute approximate surface area is 163 Å². The average Bonchev–Trinajstić information content (AvgIpc) is 3.04. The summed E-state index contributed by atoms with van der Waals surface area (Å²) < 4.78 is 15.2. The third-order valence-corrected chi connectivity index (χ3v) is 4.73. The molecule has 3 rings (SSSR count). The monoisotopic (exact) mass is 381 g/mol. The van der Waals surface area contributed by atoms with Crippen molar-refractivity contribution in [3.05, 3.63) is 66.1 Å². The number of fused-ring (bicyclic) bond motifs is 1. The standard InChI is InChI=1S/C22H24FN3O2/c1-3-25(4-2)22(28)15-26-11-10-17-14-19(8-9-20(17)26)24-21(27)13-16-6-5-7-18(23)12-16/h5-12,14H,3-4,13,15H2,1-2H3,(H,24,27). The molecule has 0 spiro atoms. The van der Waals surface area contributed by atoms with Crippen molar-refractivity contribution in [1.82, 2.24) is 9.47 Å². The third kappa shape index (κ3) is 4.57. The van der Waals surface area contributed by atoms with Gasteiger partial charge < -0.3 is 14.8 Å². The molecule has 2 aromatic carbocycles. The van der Waals surface area contributed by atoms with E-state index in [2.05, 4.69) is 5.32 Å². The van der Waals surface area contributed by atoms with Gasteiger partial charge in [0, 0.05) is 35.9 Å². The number of nitrogens with one attached hydrogen (secondary N) is 1. The summed E-state index contributed by atoms with van der Waals surface area (Å²) in [4.78, 5) is 26.4. The quantitative estimate of drug-likeness (QED) is 0.676. The van der Waals surface area contributed by atoms with E-state index in [-0.39, 0.29) is 30.6 Å². The van der Waals surface area contributed by atoms with E-state index in [4.69, 9.17) is 0 Å². The molecule has 0 aliphatic heterocycles. The number of hydrogen-bond donors (Lipinski definition) is 1. The van der Waals surface area contributed by atoms with E-state index >= 15 is 0 Å². The minimum atomic E-state index is -0.354. The molecule has 6 heteroatoms. The third-order valence-electron chi connectivity index (χ3n) is 4.73. The van der Waals surface area contributed by atoms with E-state index in [1.165, 1.54) is 12.1 Å². The Morgan fingerprint density at radius 1 is 1.07 bits per heavy atom. The van der Waals surface area contributed by atoms with Crippen molar-refractivity contribution >= 4 is 28.4 Å². The molecule has 28 heavy (non-hydrogen) atoms. The van der Waals surface area contributed by atoms with Gasteiger partial charge in [0.2, 0.25) is 11.8 Å². The molecule has 1 aromatic heterocycles. The first-order valence-electron chi connectivity index (χ1n) is 9.41. The lowest BCUT2D eigenvalue weighted by Crippen LogP contribution is -2.33. The van der Waals surface area contributed by atoms with Crippen LogP contribution in [0.15, 0.2) is 54.7 Å². The fraction of sp³-hybridized carbons (Fsp3) is 0.273. The largest absolute Gasteiger partial charge is 0.342 e. The lowest BCUT2D eigenvalue weighted by molar-refractivity contribution is -0.131. The van der Waals surface area contributed by atoms with Gasteiger partial charge in [-0.25, -0.2) is 4.39 Å². The zero-order valence-electron chi connectivity index (χ0n) is 16.1. The molecule has 0 saturated carbocycles. The van der Waals surface area contributed by atoms with Crippen LogP contribution in [0.4, 0.5) is 10.1 Å². The van der Waals surface area contributed by atoms with E-state index in [1.807, 2.05) is 48.9 Å². The summed E-state index contributed by atoms with van der Waals surface area (Å²) in [6, 6.07) is 13.5. The molecule has 2 amide bonds. The summed E-state index contributed by atoms with van der Waals surface area (Å²) in [5, 5.41) is 3.78. The van der Waals surface area contributed by atoms with Crippen LogP contribution in [0, 0.1) is 5.82 Å². The summed E-state index contributed by atoms with van der Waals surface area (Å²) in [7, 11) is 0. The zero-order chi connectivity index (χ0) is 20.1. The number of nitrogens with zero attached hydrogens (tertiary/aromatic N) is 2. The van der Waals surface area contributed by atoms with Crippen LogP contribution < -0.4 is 5.32 Å². The Bertz CT molecular complexity index is 992. The molecule has 0 fully saturated rings. The summed E-state index contributed by atoms with van der Waals surface area (Å²) in [6.07, 6.45) is 1.99. The maximum absolute atomic E-state index is 13.2. The van der Waals surface area contributed by atoms with Gasteiger partial charge in [-0.3, -0.25) is 9.59 Å². The normalized spacial score (nSPS) is 10.8. The Hall–Kier alpha value is -3.15. The van der Waals surface area contributed by atoms with Crippen LogP contribution in [0.3, 0.4) is 0 Å². The number of benzene rings is 2.